The van der Waals surface area contributed by atoms with E-state index in [1.54, 1.807) is 30.5 Å². The topological polar surface area (TPSA) is 68.3 Å². The van der Waals surface area contributed by atoms with Gasteiger partial charge >= 0.3 is 0 Å². The Labute approximate surface area is 212 Å². The summed E-state index contributed by atoms with van der Waals surface area (Å²) in [6.07, 6.45) is 10.4. The monoisotopic (exact) mass is 514 g/mol. The number of aromatic nitrogens is 1. The molecule has 8 heteroatoms. The van der Waals surface area contributed by atoms with Crippen molar-refractivity contribution in [2.24, 2.45) is 0 Å². The van der Waals surface area contributed by atoms with Crippen LogP contribution in [-0.2, 0) is 14.9 Å². The van der Waals surface area contributed by atoms with Crippen LogP contribution < -0.4 is 5.32 Å². The summed E-state index contributed by atoms with van der Waals surface area (Å²) in [6.45, 7) is 8.32. The van der Waals surface area contributed by atoms with E-state index in [-0.39, 0.29) is 23.2 Å². The summed E-state index contributed by atoms with van der Waals surface area (Å²) in [5.41, 5.74) is 2.11. The van der Waals surface area contributed by atoms with E-state index in [9.17, 15) is 9.59 Å². The molecule has 0 spiro atoms. The molecule has 3 heterocycles. The number of carbonyl (C=O) groups is 2. The van der Waals surface area contributed by atoms with E-state index in [1.165, 1.54) is 17.4 Å². The van der Waals surface area contributed by atoms with Crippen molar-refractivity contribution in [3.8, 4) is 0 Å². The van der Waals surface area contributed by atoms with Gasteiger partial charge in [0.1, 0.15) is 11.9 Å². The maximum Gasteiger partial charge on any atom is 0.244 e. The zero-order chi connectivity index (χ0) is 24.5. The van der Waals surface area contributed by atoms with Gasteiger partial charge in [0.05, 0.1) is 21.5 Å². The minimum atomic E-state index is -0.170. The third kappa shape index (κ3) is 5.77. The number of ketones is 1. The van der Waals surface area contributed by atoms with E-state index in [0.717, 1.165) is 30.8 Å². The van der Waals surface area contributed by atoms with E-state index in [0.29, 0.717) is 30.2 Å². The maximum absolute atomic E-state index is 12.3. The van der Waals surface area contributed by atoms with Gasteiger partial charge in [0.15, 0.2) is 5.78 Å². The first-order chi connectivity index (χ1) is 16.1. The summed E-state index contributed by atoms with van der Waals surface area (Å²) in [7, 11) is 0. The Bertz CT molecular complexity index is 1240. The smallest absolute Gasteiger partial charge is 0.244 e. The summed E-state index contributed by atoms with van der Waals surface area (Å²) >= 11 is 9.66. The highest BCUT2D eigenvalue weighted by Gasteiger charge is 2.29. The summed E-state index contributed by atoms with van der Waals surface area (Å²) in [6, 6.07) is 3.82. The molecule has 0 saturated carbocycles. The zero-order valence-electron chi connectivity index (χ0n) is 19.6. The van der Waals surface area contributed by atoms with Gasteiger partial charge < -0.3 is 10.1 Å². The van der Waals surface area contributed by atoms with Crippen molar-refractivity contribution in [1.82, 2.24) is 10.3 Å². The Balaban J connectivity index is 1.35. The van der Waals surface area contributed by atoms with Gasteiger partial charge in [0.2, 0.25) is 5.91 Å². The Morgan fingerprint density at radius 1 is 1.26 bits per heavy atom. The number of carbonyl (C=O) groups excluding carboxylic acids is 2. The van der Waals surface area contributed by atoms with Crippen LogP contribution in [0.15, 0.2) is 52.9 Å². The van der Waals surface area contributed by atoms with Gasteiger partial charge in [0.25, 0.3) is 0 Å². The van der Waals surface area contributed by atoms with Crippen LogP contribution in [0, 0.1) is 0 Å². The second kappa shape index (κ2) is 10.0. The van der Waals surface area contributed by atoms with Gasteiger partial charge in [-0.2, -0.15) is 0 Å². The molecule has 0 bridgehead atoms. The number of hydrogen-bond acceptors (Lipinski definition) is 6. The Hall–Kier alpha value is -2.48. The van der Waals surface area contributed by atoms with Crippen LogP contribution in [0.1, 0.15) is 65.0 Å². The number of Topliss-reactive ketones (excluding diaryl/α,β-unsaturated/α-hetero) is 1. The molecule has 34 heavy (non-hydrogen) atoms. The Morgan fingerprint density at radius 3 is 2.74 bits per heavy atom. The number of allylic oxidation sites excluding steroid dienone is 5. The van der Waals surface area contributed by atoms with E-state index >= 15 is 0 Å². The molecule has 1 unspecified atom stereocenters. The molecule has 2 aromatic rings. The molecule has 5 nitrogen and oxygen atoms in total. The molecule has 2 aromatic heterocycles. The van der Waals surface area contributed by atoms with Crippen LogP contribution in [0.3, 0.4) is 0 Å². The third-order valence-electron chi connectivity index (χ3n) is 5.45. The molecule has 1 aliphatic carbocycles. The largest absolute Gasteiger partial charge is 0.486 e. The fourth-order valence-electron chi connectivity index (χ4n) is 3.65. The van der Waals surface area contributed by atoms with Crippen molar-refractivity contribution in [2.45, 2.75) is 52.1 Å². The number of nitrogens with zero attached hydrogens (tertiary/aromatic N) is 1. The molecular weight excluding hydrogens is 488 g/mol. The number of rotatable bonds is 6. The normalized spacial score (nSPS) is 18.3. The number of hydrogen-bond donors (Lipinski definition) is 1. The van der Waals surface area contributed by atoms with Crippen molar-refractivity contribution >= 4 is 57.6 Å². The predicted octanol–water partition coefficient (Wildman–Crippen LogP) is 6.49. The van der Waals surface area contributed by atoms with Crippen LogP contribution in [0.5, 0.6) is 0 Å². The molecule has 0 radical (unpaired) electrons. The second-order valence-electron chi connectivity index (χ2n) is 9.34. The Morgan fingerprint density at radius 2 is 2.06 bits per heavy atom. The average Bonchev–Trinajstić information content (AvgIpc) is 3.51. The Kier molecular flexibility index (Phi) is 7.26. The van der Waals surface area contributed by atoms with E-state index in [2.05, 4.69) is 37.1 Å². The first-order valence-corrected chi connectivity index (χ1v) is 13.1. The van der Waals surface area contributed by atoms with Crippen LogP contribution in [0.25, 0.3) is 11.6 Å². The van der Waals surface area contributed by atoms with Crippen molar-refractivity contribution in [3.05, 3.63) is 72.6 Å². The summed E-state index contributed by atoms with van der Waals surface area (Å²) in [5.74, 6) is 0.570. The number of halogens is 1. The quantitative estimate of drug-likeness (QED) is 0.353. The lowest BCUT2D eigenvalue weighted by atomic mass is 9.98. The minimum absolute atomic E-state index is 0.00362. The average molecular weight is 515 g/mol. The van der Waals surface area contributed by atoms with Crippen molar-refractivity contribution in [3.63, 3.8) is 0 Å². The number of thiazole rings is 1. The van der Waals surface area contributed by atoms with Crippen LogP contribution in [-0.4, -0.2) is 29.3 Å². The van der Waals surface area contributed by atoms with E-state index in [1.807, 2.05) is 18.2 Å². The second-order valence-corrected chi connectivity index (χ2v) is 11.9. The zero-order valence-corrected chi connectivity index (χ0v) is 22.0. The molecule has 2 aliphatic rings. The molecule has 1 aliphatic heterocycles. The fraction of sp³-hybridized carbons (Fsp3) is 0.346. The van der Waals surface area contributed by atoms with Crippen molar-refractivity contribution < 1.29 is 14.3 Å². The first kappa shape index (κ1) is 24.6. The molecule has 178 valence electrons. The molecule has 1 fully saturated rings. The van der Waals surface area contributed by atoms with E-state index in [4.69, 9.17) is 16.3 Å². The van der Waals surface area contributed by atoms with Crippen LogP contribution in [0.2, 0.25) is 0 Å². The highest BCUT2D eigenvalue weighted by molar-refractivity contribution is 7.15. The number of thiophene rings is 1. The van der Waals surface area contributed by atoms with Gasteiger partial charge in [-0.05, 0) is 48.8 Å². The number of fused-ring (bicyclic) bond motifs is 1. The summed E-state index contributed by atoms with van der Waals surface area (Å²) in [5, 5.41) is 4.50. The lowest BCUT2D eigenvalue weighted by molar-refractivity contribution is -0.116. The molecule has 1 N–H and O–H groups in total. The summed E-state index contributed by atoms with van der Waals surface area (Å²) in [4.78, 5) is 31.1. The SMILES string of the molecule is CC(=O)c1ccc(C2=CC(Cl)=C3OC(CNC(=O)/C=C/c4cnc(C(C)(C)C)s4)CC3=CC2)s1. The lowest BCUT2D eigenvalue weighted by Crippen LogP contribution is -2.30. The molecular formula is C26H27ClN2O3S2. The van der Waals surface area contributed by atoms with Gasteiger partial charge in [0, 0.05) is 33.9 Å². The lowest BCUT2D eigenvalue weighted by Gasteiger charge is -2.13. The molecule has 1 saturated heterocycles. The molecule has 1 amide bonds. The standard InChI is InChI=1S/C26H27ClN2O3S2/c1-15(30)21-8-9-22(34-21)16-5-6-17-11-18(32-24(17)20(27)12-16)13-28-23(31)10-7-19-14-29-25(33-19)26(2,3)4/h6-10,12,14,18H,5,11,13H2,1-4H3,(H,28,31)/b10-7+. The first-order valence-electron chi connectivity index (χ1n) is 11.1. The molecule has 4 rings (SSSR count). The number of ether oxygens (including phenoxy) is 1. The minimum Gasteiger partial charge on any atom is -0.486 e. The predicted molar refractivity (Wildman–Crippen MR) is 140 cm³/mol. The molecule has 1 atom stereocenters. The molecule has 0 aromatic carbocycles. The highest BCUT2D eigenvalue weighted by Crippen LogP contribution is 2.39. The number of amides is 1. The van der Waals surface area contributed by atoms with E-state index < -0.39 is 0 Å². The maximum atomic E-state index is 12.3. The highest BCUT2D eigenvalue weighted by atomic mass is 35.5. The van der Waals surface area contributed by atoms with Gasteiger partial charge in [-0.25, -0.2) is 4.98 Å². The van der Waals surface area contributed by atoms with Crippen molar-refractivity contribution in [2.75, 3.05) is 6.54 Å². The number of nitrogens with one attached hydrogen (secondary N) is 1. The van der Waals surface area contributed by atoms with Crippen LogP contribution in [0.4, 0.5) is 0 Å². The summed E-state index contributed by atoms with van der Waals surface area (Å²) < 4.78 is 6.08. The van der Waals surface area contributed by atoms with Gasteiger partial charge in [-0.15, -0.1) is 22.7 Å². The van der Waals surface area contributed by atoms with Crippen molar-refractivity contribution in [1.29, 1.82) is 0 Å². The fourth-order valence-corrected chi connectivity index (χ4v) is 5.75. The van der Waals surface area contributed by atoms with Gasteiger partial charge in [-0.3, -0.25) is 9.59 Å². The van der Waals surface area contributed by atoms with Gasteiger partial charge in [-0.1, -0.05) is 38.4 Å². The third-order valence-corrected chi connectivity index (χ3v) is 8.38. The van der Waals surface area contributed by atoms with Crippen LogP contribution >= 0.6 is 34.3 Å².